The summed E-state index contributed by atoms with van der Waals surface area (Å²) < 4.78 is 68.7. The van der Waals surface area contributed by atoms with Crippen molar-refractivity contribution in [3.63, 3.8) is 0 Å². The van der Waals surface area contributed by atoms with Gasteiger partial charge in [0.2, 0.25) is 0 Å². The Balaban J connectivity index is 5.43. The van der Waals surface area contributed by atoms with Crippen molar-refractivity contribution >= 4 is 39.5 Å². The van der Waals surface area contributed by atoms with Crippen LogP contribution in [0.25, 0.3) is 0 Å². The molecule has 108 heavy (non-hydrogen) atoms. The smallest absolute Gasteiger partial charge is 0.462 e. The molecule has 0 amide bonds. The van der Waals surface area contributed by atoms with Gasteiger partial charge in [-0.15, -0.1) is 0 Å². The Hall–Kier alpha value is -5.06. The topological polar surface area (TPSA) is 237 Å². The van der Waals surface area contributed by atoms with Crippen LogP contribution in [0.2, 0.25) is 0 Å². The van der Waals surface area contributed by atoms with E-state index < -0.39 is 97.5 Å². The molecule has 0 rings (SSSR count). The molecule has 5 unspecified atom stereocenters. The van der Waals surface area contributed by atoms with Gasteiger partial charge in [0.05, 0.1) is 26.4 Å². The van der Waals surface area contributed by atoms with Gasteiger partial charge in [-0.25, -0.2) is 9.13 Å². The van der Waals surface area contributed by atoms with E-state index in [-0.39, 0.29) is 25.7 Å². The monoisotopic (exact) mass is 1550 g/mol. The van der Waals surface area contributed by atoms with Crippen LogP contribution >= 0.6 is 15.6 Å². The summed E-state index contributed by atoms with van der Waals surface area (Å²) in [5.41, 5.74) is 0. The van der Waals surface area contributed by atoms with Crippen molar-refractivity contribution in [1.29, 1.82) is 0 Å². The fraction of sp³-hybridized carbons (Fsp3) is 0.685. The van der Waals surface area contributed by atoms with E-state index in [1.54, 1.807) is 0 Å². The van der Waals surface area contributed by atoms with Crippen molar-refractivity contribution in [3.05, 3.63) is 146 Å². The Labute approximate surface area is 656 Å². The number of aliphatic hydroxyl groups is 1. The molecule has 0 aromatic rings. The van der Waals surface area contributed by atoms with Gasteiger partial charge in [0.1, 0.15) is 19.3 Å². The second-order valence-electron chi connectivity index (χ2n) is 27.6. The quantitative estimate of drug-likeness (QED) is 0.0169. The van der Waals surface area contributed by atoms with Gasteiger partial charge in [-0.2, -0.15) is 0 Å². The van der Waals surface area contributed by atoms with Gasteiger partial charge in [0, 0.05) is 25.7 Å². The first kappa shape index (κ1) is 103. The third-order valence-electron chi connectivity index (χ3n) is 17.3. The maximum absolute atomic E-state index is 13.1. The molecule has 0 bridgehead atoms. The lowest BCUT2D eigenvalue weighted by Crippen LogP contribution is -2.30. The molecule has 0 aliphatic heterocycles. The van der Waals surface area contributed by atoms with Crippen molar-refractivity contribution in [2.24, 2.45) is 0 Å². The number of esters is 4. The molecule has 0 spiro atoms. The molecule has 0 radical (unpaired) electrons. The number of carbonyl (C=O) groups excluding carboxylic acids is 4. The molecular formula is C89H150O17P2. The Bertz CT molecular complexity index is 2610. The lowest BCUT2D eigenvalue weighted by molar-refractivity contribution is -0.161. The maximum atomic E-state index is 13.1. The van der Waals surface area contributed by atoms with Gasteiger partial charge in [-0.1, -0.05) is 321 Å². The minimum Gasteiger partial charge on any atom is -0.462 e. The fourth-order valence-corrected chi connectivity index (χ4v) is 12.6. The summed E-state index contributed by atoms with van der Waals surface area (Å²) in [5.74, 6) is -2.26. The van der Waals surface area contributed by atoms with Crippen LogP contribution in [-0.4, -0.2) is 96.7 Å². The van der Waals surface area contributed by atoms with Crippen LogP contribution < -0.4 is 0 Å². The maximum Gasteiger partial charge on any atom is 0.472 e. The molecule has 0 aromatic heterocycles. The number of aliphatic hydroxyl groups excluding tert-OH is 1. The van der Waals surface area contributed by atoms with Crippen LogP contribution in [0.4, 0.5) is 0 Å². The van der Waals surface area contributed by atoms with Crippen LogP contribution in [0, 0.1) is 0 Å². The number of unbranched alkanes of at least 4 members (excludes halogenated alkanes) is 28. The van der Waals surface area contributed by atoms with Crippen molar-refractivity contribution in [1.82, 2.24) is 0 Å². The second-order valence-corrected chi connectivity index (χ2v) is 30.5. The van der Waals surface area contributed by atoms with E-state index in [2.05, 4.69) is 161 Å². The van der Waals surface area contributed by atoms with Gasteiger partial charge in [-0.05, 0) is 135 Å². The number of phosphoric ester groups is 2. The summed E-state index contributed by atoms with van der Waals surface area (Å²) in [6.45, 7) is 4.49. The molecule has 19 heteroatoms. The largest absolute Gasteiger partial charge is 0.472 e. The number of allylic oxidation sites excluding steroid dienone is 24. The predicted molar refractivity (Wildman–Crippen MR) is 445 cm³/mol. The van der Waals surface area contributed by atoms with Crippen LogP contribution in [0.15, 0.2) is 146 Å². The molecular weight excluding hydrogens is 1400 g/mol. The van der Waals surface area contributed by atoms with Gasteiger partial charge in [0.15, 0.2) is 12.2 Å². The van der Waals surface area contributed by atoms with Gasteiger partial charge >= 0.3 is 39.5 Å². The summed E-state index contributed by atoms with van der Waals surface area (Å²) in [4.78, 5) is 73.2. The molecule has 0 aromatic carbocycles. The average molecular weight is 1550 g/mol. The molecule has 0 aliphatic rings. The molecule has 0 saturated carbocycles. The fourth-order valence-electron chi connectivity index (χ4n) is 11.0. The number of ether oxygens (including phenoxy) is 4. The van der Waals surface area contributed by atoms with Gasteiger partial charge in [0.25, 0.3) is 0 Å². The summed E-state index contributed by atoms with van der Waals surface area (Å²) in [6.07, 6.45) is 92.4. The zero-order chi connectivity index (χ0) is 78.9. The van der Waals surface area contributed by atoms with E-state index in [1.165, 1.54) is 64.2 Å². The second kappa shape index (κ2) is 80.0. The molecule has 618 valence electrons. The normalized spacial score (nSPS) is 14.5. The number of hydrogen-bond acceptors (Lipinski definition) is 15. The molecule has 5 atom stereocenters. The standard InChI is InChI=1S/C89H150O17P2/c1-5-9-13-17-21-25-29-33-37-40-41-44-47-50-54-58-62-66-70-74-87(92)100-79-84(105-88(93)75-71-67-63-59-55-51-45-36-32-28-24-20-16-12-8-4)81-103-107(95,96)101-77-83(90)78-102-108(97,98)104-82-85(106-89(94)76-72-68-64-60-56-52-48-43-39-35-31-27-23-19-15-11-7-3)80-99-86(91)73-69-65-61-57-53-49-46-42-38-34-30-26-22-18-14-10-6-2/h9-11,13-15,21-23,25-27,33-35,37-39,41,44,46,49,57,61,83-85,90H,5-8,12,16-20,24,28-32,36,40,42-43,45,47-48,50-56,58-60,62-82H2,1-4H3,(H,95,96)(H,97,98)/b13-9-,14-10-,15-11-,25-21-,26-22-,27-23-,37-33-,38-34-,39-35-,44-41-,49-46-,61-57-. The Morgan fingerprint density at radius 3 is 0.778 bits per heavy atom. The Morgan fingerprint density at radius 2 is 0.491 bits per heavy atom. The molecule has 0 heterocycles. The first-order valence-corrected chi connectivity index (χ1v) is 45.1. The third kappa shape index (κ3) is 79.0. The number of rotatable bonds is 78. The highest BCUT2D eigenvalue weighted by molar-refractivity contribution is 7.47. The van der Waals surface area contributed by atoms with Crippen molar-refractivity contribution in [2.75, 3.05) is 39.6 Å². The summed E-state index contributed by atoms with van der Waals surface area (Å²) in [5, 5.41) is 10.7. The van der Waals surface area contributed by atoms with E-state index in [9.17, 15) is 43.2 Å². The lowest BCUT2D eigenvalue weighted by Gasteiger charge is -2.21. The molecule has 0 saturated heterocycles. The van der Waals surface area contributed by atoms with E-state index in [1.807, 2.05) is 12.2 Å². The Kier molecular flexibility index (Phi) is 76.3. The summed E-state index contributed by atoms with van der Waals surface area (Å²) in [7, 11) is -9.99. The van der Waals surface area contributed by atoms with Crippen LogP contribution in [0.5, 0.6) is 0 Å². The van der Waals surface area contributed by atoms with Crippen molar-refractivity contribution in [2.45, 2.75) is 354 Å². The van der Waals surface area contributed by atoms with Crippen LogP contribution in [-0.2, 0) is 65.4 Å². The van der Waals surface area contributed by atoms with Crippen molar-refractivity contribution in [3.8, 4) is 0 Å². The highest BCUT2D eigenvalue weighted by atomic mass is 31.2. The zero-order valence-electron chi connectivity index (χ0n) is 67.7. The van der Waals surface area contributed by atoms with E-state index in [4.69, 9.17) is 37.0 Å². The van der Waals surface area contributed by atoms with Crippen LogP contribution in [0.1, 0.15) is 336 Å². The van der Waals surface area contributed by atoms with Crippen LogP contribution in [0.3, 0.4) is 0 Å². The van der Waals surface area contributed by atoms with E-state index in [0.717, 1.165) is 186 Å². The van der Waals surface area contributed by atoms with Gasteiger partial charge in [-0.3, -0.25) is 37.3 Å². The number of hydrogen-bond donors (Lipinski definition) is 3. The SMILES string of the molecule is CC/C=C\C/C=C\C/C=C\C/C=C\C/C=C\CCCC(=O)OCC(COP(=O)(O)OCC(O)COP(=O)(O)OCC(COC(=O)CCCCCCCC/C=C\C/C=C\C/C=C\C/C=C\CC)OC(=O)CCCCCCCCCCCCCCCCC)OC(=O)CCCCCCCCC/C=C\C/C=C\C/C=C\CC. The first-order valence-electron chi connectivity index (χ1n) is 42.1. The number of carbonyl (C=O) groups is 4. The summed E-state index contributed by atoms with van der Waals surface area (Å²) >= 11 is 0. The molecule has 3 N–H and O–H groups in total. The highest BCUT2D eigenvalue weighted by Crippen LogP contribution is 2.45. The molecule has 0 fully saturated rings. The van der Waals surface area contributed by atoms with Crippen molar-refractivity contribution < 1.29 is 80.2 Å². The molecule has 17 nitrogen and oxygen atoms in total. The number of phosphoric acid groups is 2. The Morgan fingerprint density at radius 1 is 0.269 bits per heavy atom. The minimum atomic E-state index is -5.00. The average Bonchev–Trinajstić information content (AvgIpc) is 0.901. The van der Waals surface area contributed by atoms with E-state index >= 15 is 0 Å². The first-order chi connectivity index (χ1) is 52.7. The highest BCUT2D eigenvalue weighted by Gasteiger charge is 2.30. The summed E-state index contributed by atoms with van der Waals surface area (Å²) in [6, 6.07) is 0. The lowest BCUT2D eigenvalue weighted by atomic mass is 10.0. The zero-order valence-corrected chi connectivity index (χ0v) is 69.5. The van der Waals surface area contributed by atoms with Gasteiger partial charge < -0.3 is 33.8 Å². The molecule has 0 aliphatic carbocycles. The predicted octanol–water partition coefficient (Wildman–Crippen LogP) is 25.0. The van der Waals surface area contributed by atoms with E-state index in [0.29, 0.717) is 32.1 Å². The minimum absolute atomic E-state index is 0.0679. The third-order valence-corrected chi connectivity index (χ3v) is 19.2.